The summed E-state index contributed by atoms with van der Waals surface area (Å²) in [7, 11) is -3.88. The van der Waals surface area contributed by atoms with Crippen LogP contribution in [0, 0.1) is 13.8 Å². The summed E-state index contributed by atoms with van der Waals surface area (Å²) in [6.07, 6.45) is 2.56. The fourth-order valence-electron chi connectivity index (χ4n) is 1.66. The highest BCUT2D eigenvalue weighted by Crippen LogP contribution is 2.19. The minimum atomic E-state index is -3.88. The number of anilines is 1. The third-order valence-corrected chi connectivity index (χ3v) is 4.10. The molecule has 0 saturated heterocycles. The lowest BCUT2D eigenvalue weighted by atomic mass is 10.1. The second kappa shape index (κ2) is 4.89. The van der Waals surface area contributed by atoms with Gasteiger partial charge in [-0.15, -0.1) is 0 Å². The maximum absolute atomic E-state index is 12.2. The Kier molecular flexibility index (Phi) is 3.44. The number of nitrogens with one attached hydrogen (secondary N) is 2. The molecule has 2 aromatic rings. The topological polar surface area (TPSA) is 79.0 Å². The van der Waals surface area contributed by atoms with Gasteiger partial charge in [-0.1, -0.05) is 12.1 Å². The molecule has 0 amide bonds. The predicted octanol–water partition coefficient (Wildman–Crippen LogP) is 1.79. The second-order valence-corrected chi connectivity index (χ2v) is 5.95. The maximum atomic E-state index is 12.2. The molecule has 6 heteroatoms. The molecule has 0 atom stereocenters. The minimum absolute atomic E-state index is 0.295. The molecule has 2 rings (SSSR count). The van der Waals surface area contributed by atoms with Crippen LogP contribution in [-0.2, 0) is 10.0 Å². The Bertz CT molecular complexity index is 763. The van der Waals surface area contributed by atoms with E-state index in [-0.39, 0.29) is 4.90 Å². The van der Waals surface area contributed by atoms with E-state index in [4.69, 9.17) is 0 Å². The first-order valence-corrected chi connectivity index (χ1v) is 7.15. The zero-order chi connectivity index (χ0) is 14.0. The van der Waals surface area contributed by atoms with Crippen molar-refractivity contribution < 1.29 is 8.42 Å². The Morgan fingerprint density at radius 2 is 1.89 bits per heavy atom. The van der Waals surface area contributed by atoms with E-state index < -0.39 is 15.5 Å². The Hall–Kier alpha value is -2.08. The van der Waals surface area contributed by atoms with E-state index in [1.807, 2.05) is 19.1 Å². The lowest BCUT2D eigenvalue weighted by Crippen LogP contribution is -2.21. The summed E-state index contributed by atoms with van der Waals surface area (Å²) < 4.78 is 26.7. The highest BCUT2D eigenvalue weighted by Gasteiger charge is 2.18. The van der Waals surface area contributed by atoms with Crippen LogP contribution in [0.5, 0.6) is 0 Å². The number of benzene rings is 1. The number of hydrogen-bond donors (Lipinski definition) is 2. The zero-order valence-electron chi connectivity index (χ0n) is 10.6. The molecular weight excluding hydrogens is 264 g/mol. The smallest absolute Gasteiger partial charge is 0.267 e. The van der Waals surface area contributed by atoms with Gasteiger partial charge in [0.2, 0.25) is 5.43 Å². The standard InChI is InChI=1S/C13H14N2O3S/c1-9-3-4-10(2)11(7-9)15-19(17,18)13-8-14-6-5-12(13)16/h3-8,15H,1-2H3,(H,14,16). The van der Waals surface area contributed by atoms with Crippen LogP contribution >= 0.6 is 0 Å². The number of aryl methyl sites for hydroxylation is 2. The molecule has 19 heavy (non-hydrogen) atoms. The van der Waals surface area contributed by atoms with Crippen LogP contribution in [0.15, 0.2) is 46.3 Å². The van der Waals surface area contributed by atoms with Crippen molar-refractivity contribution in [3.63, 3.8) is 0 Å². The Balaban J connectivity index is 2.45. The molecule has 0 aliphatic carbocycles. The fourth-order valence-corrected chi connectivity index (χ4v) is 2.83. The monoisotopic (exact) mass is 278 g/mol. The highest BCUT2D eigenvalue weighted by molar-refractivity contribution is 7.92. The maximum Gasteiger partial charge on any atom is 0.267 e. The lowest BCUT2D eigenvalue weighted by molar-refractivity contribution is 0.600. The Morgan fingerprint density at radius 1 is 1.16 bits per heavy atom. The van der Waals surface area contributed by atoms with E-state index in [0.29, 0.717) is 5.69 Å². The quantitative estimate of drug-likeness (QED) is 0.898. The van der Waals surface area contributed by atoms with E-state index in [1.165, 1.54) is 18.5 Å². The fraction of sp³-hybridized carbons (Fsp3) is 0.154. The number of pyridine rings is 1. The van der Waals surface area contributed by atoms with Crippen LogP contribution in [0.3, 0.4) is 0 Å². The van der Waals surface area contributed by atoms with Gasteiger partial charge in [0.15, 0.2) is 4.90 Å². The first-order chi connectivity index (χ1) is 8.90. The summed E-state index contributed by atoms with van der Waals surface area (Å²) in [5.41, 5.74) is 1.66. The molecule has 2 N–H and O–H groups in total. The van der Waals surface area contributed by atoms with Gasteiger partial charge in [-0.25, -0.2) is 8.42 Å². The SMILES string of the molecule is Cc1ccc(C)c(NS(=O)(=O)c2c[nH]ccc2=O)c1. The van der Waals surface area contributed by atoms with Gasteiger partial charge >= 0.3 is 0 Å². The largest absolute Gasteiger partial charge is 0.366 e. The summed E-state index contributed by atoms with van der Waals surface area (Å²) in [6.45, 7) is 3.67. The molecule has 0 unspecified atom stereocenters. The number of rotatable bonds is 3. The van der Waals surface area contributed by atoms with E-state index in [2.05, 4.69) is 9.71 Å². The van der Waals surface area contributed by atoms with Crippen molar-refractivity contribution in [1.29, 1.82) is 0 Å². The minimum Gasteiger partial charge on any atom is -0.366 e. The van der Waals surface area contributed by atoms with Gasteiger partial charge < -0.3 is 4.98 Å². The van der Waals surface area contributed by atoms with Crippen molar-refractivity contribution in [1.82, 2.24) is 4.98 Å². The molecule has 0 fully saturated rings. The molecule has 0 spiro atoms. The van der Waals surface area contributed by atoms with Crippen LogP contribution in [0.25, 0.3) is 0 Å². The first kappa shape index (κ1) is 13.4. The van der Waals surface area contributed by atoms with Crippen molar-refractivity contribution in [3.05, 3.63) is 58.0 Å². The molecular formula is C13H14N2O3S. The molecule has 0 aliphatic rings. The predicted molar refractivity (Wildman–Crippen MR) is 73.8 cm³/mol. The molecule has 0 bridgehead atoms. The van der Waals surface area contributed by atoms with Crippen LogP contribution in [0.1, 0.15) is 11.1 Å². The van der Waals surface area contributed by atoms with Gasteiger partial charge in [0.1, 0.15) is 0 Å². The number of hydrogen-bond acceptors (Lipinski definition) is 3. The van der Waals surface area contributed by atoms with Crippen LogP contribution in [0.2, 0.25) is 0 Å². The number of aromatic nitrogens is 1. The lowest BCUT2D eigenvalue weighted by Gasteiger charge is -2.10. The summed E-state index contributed by atoms with van der Waals surface area (Å²) in [4.78, 5) is 13.9. The average molecular weight is 278 g/mol. The number of aromatic amines is 1. The third-order valence-electron chi connectivity index (χ3n) is 2.72. The number of H-pyrrole nitrogens is 1. The van der Waals surface area contributed by atoms with Crippen molar-refractivity contribution in [2.75, 3.05) is 4.72 Å². The van der Waals surface area contributed by atoms with Crippen molar-refractivity contribution in [2.24, 2.45) is 0 Å². The third kappa shape index (κ3) is 2.85. The normalized spacial score (nSPS) is 11.3. The van der Waals surface area contributed by atoms with Gasteiger partial charge in [-0.05, 0) is 31.0 Å². The van der Waals surface area contributed by atoms with Crippen molar-refractivity contribution in [3.8, 4) is 0 Å². The molecule has 1 heterocycles. The molecule has 1 aromatic heterocycles. The summed E-state index contributed by atoms with van der Waals surface area (Å²) in [5, 5.41) is 0. The van der Waals surface area contributed by atoms with Crippen molar-refractivity contribution in [2.45, 2.75) is 18.7 Å². The zero-order valence-corrected chi connectivity index (χ0v) is 11.4. The van der Waals surface area contributed by atoms with Gasteiger partial charge in [-0.3, -0.25) is 9.52 Å². The molecule has 0 saturated carbocycles. The van der Waals surface area contributed by atoms with Gasteiger partial charge in [0, 0.05) is 18.5 Å². The average Bonchev–Trinajstić information content (AvgIpc) is 2.34. The molecule has 5 nitrogen and oxygen atoms in total. The summed E-state index contributed by atoms with van der Waals surface area (Å²) in [5.74, 6) is 0. The number of sulfonamides is 1. The second-order valence-electron chi connectivity index (χ2n) is 4.30. The molecule has 1 aromatic carbocycles. The van der Waals surface area contributed by atoms with Crippen LogP contribution < -0.4 is 10.2 Å². The Labute approximate surface area is 111 Å². The first-order valence-electron chi connectivity index (χ1n) is 5.67. The summed E-state index contributed by atoms with van der Waals surface area (Å²) >= 11 is 0. The molecule has 0 aliphatic heterocycles. The molecule has 100 valence electrons. The van der Waals surface area contributed by atoms with E-state index in [9.17, 15) is 13.2 Å². The van der Waals surface area contributed by atoms with Crippen LogP contribution in [0.4, 0.5) is 5.69 Å². The van der Waals surface area contributed by atoms with Gasteiger partial charge in [0.25, 0.3) is 10.0 Å². The van der Waals surface area contributed by atoms with E-state index >= 15 is 0 Å². The summed E-state index contributed by atoms with van der Waals surface area (Å²) in [6, 6.07) is 6.62. The molecule has 0 radical (unpaired) electrons. The van der Waals surface area contributed by atoms with Gasteiger partial charge in [-0.2, -0.15) is 0 Å². The van der Waals surface area contributed by atoms with E-state index in [1.54, 1.807) is 13.0 Å². The van der Waals surface area contributed by atoms with Gasteiger partial charge in [0.05, 0.1) is 5.69 Å². The highest BCUT2D eigenvalue weighted by atomic mass is 32.2. The van der Waals surface area contributed by atoms with E-state index in [0.717, 1.165) is 11.1 Å². The van der Waals surface area contributed by atoms with Crippen LogP contribution in [-0.4, -0.2) is 13.4 Å². The van der Waals surface area contributed by atoms with Crippen molar-refractivity contribution >= 4 is 15.7 Å². The Morgan fingerprint density at radius 3 is 2.58 bits per heavy atom.